The van der Waals surface area contributed by atoms with Crippen LogP contribution in [0.4, 0.5) is 8.78 Å². The van der Waals surface area contributed by atoms with E-state index in [-0.39, 0.29) is 6.04 Å². The predicted octanol–water partition coefficient (Wildman–Crippen LogP) is 2.80. The first kappa shape index (κ1) is 22.1. The fourth-order valence-electron chi connectivity index (χ4n) is 4.51. The Morgan fingerprint density at radius 3 is 2.45 bits per heavy atom. The van der Waals surface area contributed by atoms with Crippen molar-refractivity contribution in [2.24, 2.45) is 0 Å². The first-order chi connectivity index (χ1) is 16.0. The molecule has 2 saturated heterocycles. The summed E-state index contributed by atoms with van der Waals surface area (Å²) in [6.07, 6.45) is 0.699. The molecule has 3 heterocycles. The molecule has 0 saturated carbocycles. The maximum Gasteiger partial charge on any atom is 0.176 e. The van der Waals surface area contributed by atoms with E-state index in [0.29, 0.717) is 24.4 Å². The predicted molar refractivity (Wildman–Crippen MR) is 118 cm³/mol. The maximum atomic E-state index is 14.3. The van der Waals surface area contributed by atoms with Gasteiger partial charge in [-0.3, -0.25) is 4.90 Å². The number of benzene rings is 2. The fraction of sp³-hybridized carbons (Fsp3) is 0.458. The lowest BCUT2D eigenvalue weighted by atomic mass is 9.93. The highest BCUT2D eigenvalue weighted by Gasteiger charge is 2.54. The molecule has 0 amide bonds. The van der Waals surface area contributed by atoms with Crippen molar-refractivity contribution in [1.82, 2.24) is 30.0 Å². The van der Waals surface area contributed by atoms with E-state index in [1.807, 2.05) is 13.0 Å². The second kappa shape index (κ2) is 9.24. The molecule has 0 aliphatic carbocycles. The van der Waals surface area contributed by atoms with Gasteiger partial charge in [0.15, 0.2) is 5.82 Å². The Balaban J connectivity index is 1.13. The Labute approximate surface area is 191 Å². The fourth-order valence-corrected chi connectivity index (χ4v) is 4.51. The van der Waals surface area contributed by atoms with Crippen LogP contribution in [0.2, 0.25) is 0 Å². The minimum atomic E-state index is -0.884. The zero-order valence-electron chi connectivity index (χ0n) is 18.7. The number of hydrogen-bond acceptors (Lipinski definition) is 6. The highest BCUT2D eigenvalue weighted by molar-refractivity contribution is 5.30. The Bertz CT molecular complexity index is 1080. The van der Waals surface area contributed by atoms with E-state index in [9.17, 15) is 8.78 Å². The summed E-state index contributed by atoms with van der Waals surface area (Å²) in [6, 6.07) is 13.8. The van der Waals surface area contributed by atoms with Gasteiger partial charge in [-0.1, -0.05) is 36.4 Å². The molecule has 1 aromatic heterocycles. The number of hydrogen-bond donors (Lipinski definition) is 0. The third-order valence-corrected chi connectivity index (χ3v) is 6.70. The molecular weight excluding hydrogens is 426 g/mol. The first-order valence-electron chi connectivity index (χ1n) is 11.4. The molecular formula is C24H28F2N6O. The highest BCUT2D eigenvalue weighted by atomic mass is 19.1. The minimum absolute atomic E-state index is 0.323. The molecule has 0 bridgehead atoms. The largest absolute Gasteiger partial charge is 0.362 e. The molecule has 2 atom stereocenters. The third kappa shape index (κ3) is 4.80. The van der Waals surface area contributed by atoms with Crippen molar-refractivity contribution in [2.75, 3.05) is 39.3 Å². The molecule has 0 spiro atoms. The summed E-state index contributed by atoms with van der Waals surface area (Å²) in [5.74, 6) is -0.572. The Kier molecular flexibility index (Phi) is 6.18. The average Bonchev–Trinajstić information content (AvgIpc) is 3.48. The number of halogens is 2. The van der Waals surface area contributed by atoms with Crippen LogP contribution in [0.5, 0.6) is 0 Å². The lowest BCUT2D eigenvalue weighted by Crippen LogP contribution is -2.46. The van der Waals surface area contributed by atoms with Crippen LogP contribution in [0.15, 0.2) is 48.5 Å². The van der Waals surface area contributed by atoms with Gasteiger partial charge in [0.1, 0.15) is 23.3 Å². The average molecular weight is 455 g/mol. The standard InChI is InChI=1S/C24H28F2N6O/c1-18(24(17-33-24)21-8-7-20(25)15-22(21)26)32-28-23(27-29-32)9-10-30-11-13-31(14-12-30)16-19-5-3-2-4-6-19/h2-8,15,18H,9-14,16-17H2,1H3. The van der Waals surface area contributed by atoms with Crippen molar-refractivity contribution in [3.05, 3.63) is 77.1 Å². The summed E-state index contributed by atoms with van der Waals surface area (Å²) in [5.41, 5.74) is 0.785. The number of ether oxygens (including phenoxy) is 1. The van der Waals surface area contributed by atoms with Crippen molar-refractivity contribution in [3.63, 3.8) is 0 Å². The molecule has 2 unspecified atom stereocenters. The van der Waals surface area contributed by atoms with Crippen molar-refractivity contribution >= 4 is 0 Å². The van der Waals surface area contributed by atoms with Crippen molar-refractivity contribution < 1.29 is 13.5 Å². The Morgan fingerprint density at radius 1 is 1.03 bits per heavy atom. The van der Waals surface area contributed by atoms with Gasteiger partial charge >= 0.3 is 0 Å². The number of piperazine rings is 1. The van der Waals surface area contributed by atoms with Gasteiger partial charge in [0.2, 0.25) is 0 Å². The van der Waals surface area contributed by atoms with Gasteiger partial charge in [-0.05, 0) is 23.8 Å². The van der Waals surface area contributed by atoms with Crippen LogP contribution < -0.4 is 0 Å². The van der Waals surface area contributed by atoms with Gasteiger partial charge in [0.25, 0.3) is 0 Å². The van der Waals surface area contributed by atoms with Crippen LogP contribution in [0.3, 0.4) is 0 Å². The van der Waals surface area contributed by atoms with Crippen molar-refractivity contribution in [3.8, 4) is 0 Å². The summed E-state index contributed by atoms with van der Waals surface area (Å²) in [7, 11) is 0. The zero-order chi connectivity index (χ0) is 22.8. The topological polar surface area (TPSA) is 62.6 Å². The van der Waals surface area contributed by atoms with Crippen LogP contribution in [0, 0.1) is 11.6 Å². The second-order valence-corrected chi connectivity index (χ2v) is 8.86. The van der Waals surface area contributed by atoms with E-state index in [0.717, 1.165) is 45.3 Å². The molecule has 2 aliphatic rings. The number of aromatic nitrogens is 4. The second-order valence-electron chi connectivity index (χ2n) is 8.86. The Morgan fingerprint density at radius 2 is 1.76 bits per heavy atom. The highest BCUT2D eigenvalue weighted by Crippen LogP contribution is 2.48. The molecule has 2 aromatic carbocycles. The molecule has 5 rings (SSSR count). The van der Waals surface area contributed by atoms with Gasteiger partial charge in [-0.25, -0.2) is 8.78 Å². The minimum Gasteiger partial charge on any atom is -0.362 e. The third-order valence-electron chi connectivity index (χ3n) is 6.70. The van der Waals surface area contributed by atoms with E-state index in [1.54, 1.807) is 0 Å². The molecule has 3 aromatic rings. The normalized spacial score (nSPS) is 22.4. The van der Waals surface area contributed by atoms with E-state index >= 15 is 0 Å². The smallest absolute Gasteiger partial charge is 0.176 e. The van der Waals surface area contributed by atoms with Crippen LogP contribution in [0.25, 0.3) is 0 Å². The van der Waals surface area contributed by atoms with Gasteiger partial charge in [-0.15, -0.1) is 10.2 Å². The summed E-state index contributed by atoms with van der Waals surface area (Å²) >= 11 is 0. The van der Waals surface area contributed by atoms with Gasteiger partial charge < -0.3 is 9.64 Å². The summed E-state index contributed by atoms with van der Waals surface area (Å²) in [4.78, 5) is 6.39. The first-order valence-corrected chi connectivity index (χ1v) is 11.4. The van der Waals surface area contributed by atoms with Gasteiger partial charge in [0, 0.05) is 57.3 Å². The van der Waals surface area contributed by atoms with Crippen LogP contribution in [-0.4, -0.2) is 69.3 Å². The maximum absolute atomic E-state index is 14.3. The number of rotatable bonds is 8. The lowest BCUT2D eigenvalue weighted by molar-refractivity contribution is 0.127. The molecule has 9 heteroatoms. The van der Waals surface area contributed by atoms with Crippen LogP contribution >= 0.6 is 0 Å². The van der Waals surface area contributed by atoms with E-state index < -0.39 is 17.2 Å². The van der Waals surface area contributed by atoms with Gasteiger partial charge in [0.05, 0.1) is 6.61 Å². The van der Waals surface area contributed by atoms with Crippen LogP contribution in [0.1, 0.15) is 29.9 Å². The molecule has 2 fully saturated rings. The molecule has 2 aliphatic heterocycles. The zero-order valence-corrected chi connectivity index (χ0v) is 18.7. The van der Waals surface area contributed by atoms with Crippen molar-refractivity contribution in [1.29, 1.82) is 0 Å². The summed E-state index contributed by atoms with van der Waals surface area (Å²) < 4.78 is 33.3. The lowest BCUT2D eigenvalue weighted by Gasteiger charge is -2.34. The molecule has 0 N–H and O–H groups in total. The van der Waals surface area contributed by atoms with E-state index in [4.69, 9.17) is 4.74 Å². The Hall–Kier alpha value is -2.75. The summed E-state index contributed by atoms with van der Waals surface area (Å²) in [6.45, 7) is 8.16. The number of nitrogens with zero attached hydrogens (tertiary/aromatic N) is 6. The van der Waals surface area contributed by atoms with Crippen LogP contribution in [-0.2, 0) is 23.3 Å². The number of epoxide rings is 1. The van der Waals surface area contributed by atoms with Gasteiger partial charge in [-0.2, -0.15) is 4.80 Å². The molecule has 0 radical (unpaired) electrons. The van der Waals surface area contributed by atoms with E-state index in [1.165, 1.54) is 22.5 Å². The van der Waals surface area contributed by atoms with E-state index in [2.05, 4.69) is 49.5 Å². The molecule has 174 valence electrons. The quantitative estimate of drug-likeness (QED) is 0.488. The summed E-state index contributed by atoms with van der Waals surface area (Å²) in [5, 5.41) is 12.9. The SMILES string of the molecule is CC(n1nnc(CCN2CCN(Cc3ccccc3)CC2)n1)C1(c2ccc(F)cc2F)CO1. The molecule has 33 heavy (non-hydrogen) atoms. The number of tetrazole rings is 1. The molecule has 7 nitrogen and oxygen atoms in total. The van der Waals surface area contributed by atoms with Crippen molar-refractivity contribution in [2.45, 2.75) is 31.5 Å². The monoisotopic (exact) mass is 454 g/mol.